The number of nitrogens with zero attached hydrogens (tertiary/aromatic N) is 3. The van der Waals surface area contributed by atoms with Gasteiger partial charge >= 0.3 is 0 Å². The zero-order chi connectivity index (χ0) is 23.6. The minimum Gasteiger partial charge on any atom is -0.485 e. The quantitative estimate of drug-likeness (QED) is 0.486. The average Bonchev–Trinajstić information content (AvgIpc) is 3.42. The fourth-order valence-electron chi connectivity index (χ4n) is 4.64. The third-order valence-electron chi connectivity index (χ3n) is 6.66. The fraction of sp³-hybridized carbons (Fsp3) is 0.464. The maximum atomic E-state index is 9.16. The summed E-state index contributed by atoms with van der Waals surface area (Å²) >= 11 is 1.77. The molecular weight excluding hydrogens is 440 g/mol. The van der Waals surface area contributed by atoms with Gasteiger partial charge < -0.3 is 15.0 Å². The van der Waals surface area contributed by atoms with Crippen molar-refractivity contribution in [1.82, 2.24) is 15.1 Å². The molecule has 180 valence electrons. The third kappa shape index (κ3) is 7.04. The Hall–Kier alpha value is -2.43. The number of nitrogens with one attached hydrogen (secondary N) is 1. The number of thiophene rings is 1. The highest BCUT2D eigenvalue weighted by Gasteiger charge is 2.20. The van der Waals surface area contributed by atoms with Crippen LogP contribution in [-0.2, 0) is 6.54 Å². The van der Waals surface area contributed by atoms with Crippen LogP contribution in [0.4, 0.5) is 0 Å². The minimum absolute atomic E-state index is 0.0788. The molecule has 1 N–H and O–H groups in total. The first-order valence-corrected chi connectivity index (χ1v) is 13.3. The second-order valence-electron chi connectivity index (χ2n) is 9.09. The number of piperazine rings is 1. The number of para-hydroxylation sites is 1. The van der Waals surface area contributed by atoms with Gasteiger partial charge in [0.1, 0.15) is 11.9 Å². The highest BCUT2D eigenvalue weighted by Crippen LogP contribution is 2.31. The molecule has 34 heavy (non-hydrogen) atoms. The topological polar surface area (TPSA) is 51.5 Å². The number of benzene rings is 1. The van der Waals surface area contributed by atoms with Crippen molar-refractivity contribution in [2.45, 2.75) is 38.3 Å². The van der Waals surface area contributed by atoms with E-state index in [4.69, 9.17) is 10.00 Å². The molecule has 1 aliphatic carbocycles. The lowest BCUT2D eigenvalue weighted by Crippen LogP contribution is -2.46. The monoisotopic (exact) mass is 476 g/mol. The van der Waals surface area contributed by atoms with E-state index in [0.29, 0.717) is 0 Å². The SMILES string of the molecule is CNCCC(Oc1ccccc1CN1CCN(CCC2=CCCC(C#N)=C2)CC1)c1cccs1. The second-order valence-corrected chi connectivity index (χ2v) is 10.1. The first-order valence-electron chi connectivity index (χ1n) is 12.4. The van der Waals surface area contributed by atoms with E-state index in [1.807, 2.05) is 7.05 Å². The van der Waals surface area contributed by atoms with Crippen molar-refractivity contribution >= 4 is 11.3 Å². The molecule has 1 aromatic carbocycles. The van der Waals surface area contributed by atoms with Gasteiger partial charge in [0.2, 0.25) is 0 Å². The van der Waals surface area contributed by atoms with Gasteiger partial charge in [-0.2, -0.15) is 5.26 Å². The van der Waals surface area contributed by atoms with E-state index in [1.165, 1.54) is 16.0 Å². The lowest BCUT2D eigenvalue weighted by Gasteiger charge is -2.35. The largest absolute Gasteiger partial charge is 0.485 e. The molecule has 1 unspecified atom stereocenters. The molecule has 6 heteroatoms. The van der Waals surface area contributed by atoms with Gasteiger partial charge in [-0.15, -0.1) is 11.3 Å². The Morgan fingerprint density at radius 2 is 1.94 bits per heavy atom. The van der Waals surface area contributed by atoms with Gasteiger partial charge in [-0.3, -0.25) is 4.90 Å². The maximum Gasteiger partial charge on any atom is 0.134 e. The summed E-state index contributed by atoms with van der Waals surface area (Å²) in [4.78, 5) is 6.38. The molecule has 5 nitrogen and oxygen atoms in total. The van der Waals surface area contributed by atoms with Crippen LogP contribution in [0.1, 0.15) is 42.2 Å². The Labute approximate surface area is 208 Å². The van der Waals surface area contributed by atoms with E-state index in [9.17, 15) is 0 Å². The van der Waals surface area contributed by atoms with Gasteiger partial charge in [-0.05, 0) is 62.0 Å². The van der Waals surface area contributed by atoms with Crippen molar-refractivity contribution in [1.29, 1.82) is 5.26 Å². The number of rotatable bonds is 11. The second kappa shape index (κ2) is 12.9. The molecule has 0 radical (unpaired) electrons. The van der Waals surface area contributed by atoms with Crippen LogP contribution in [0.15, 0.2) is 65.1 Å². The van der Waals surface area contributed by atoms with Crippen molar-refractivity contribution in [3.05, 3.63) is 75.5 Å². The molecule has 0 saturated carbocycles. The van der Waals surface area contributed by atoms with Crippen LogP contribution >= 0.6 is 11.3 Å². The van der Waals surface area contributed by atoms with Gasteiger partial charge in [0.15, 0.2) is 0 Å². The minimum atomic E-state index is 0.0788. The molecule has 1 aliphatic heterocycles. The third-order valence-corrected chi connectivity index (χ3v) is 7.62. The predicted molar refractivity (Wildman–Crippen MR) is 140 cm³/mol. The molecule has 2 aliphatic rings. The number of allylic oxidation sites excluding steroid dienone is 3. The molecular formula is C28H36N4OS. The van der Waals surface area contributed by atoms with E-state index >= 15 is 0 Å². The van der Waals surface area contributed by atoms with E-state index in [2.05, 4.69) is 75.1 Å². The molecule has 0 amide bonds. The Bertz CT molecular complexity index is 1000. The summed E-state index contributed by atoms with van der Waals surface area (Å²) in [5.41, 5.74) is 3.52. The Morgan fingerprint density at radius 1 is 1.12 bits per heavy atom. The zero-order valence-electron chi connectivity index (χ0n) is 20.2. The van der Waals surface area contributed by atoms with E-state index < -0.39 is 0 Å². The average molecular weight is 477 g/mol. The molecule has 0 bridgehead atoms. The summed E-state index contributed by atoms with van der Waals surface area (Å²) in [6, 6.07) is 15.1. The summed E-state index contributed by atoms with van der Waals surface area (Å²) in [7, 11) is 1.99. The normalized spacial score (nSPS) is 18.1. The summed E-state index contributed by atoms with van der Waals surface area (Å²) in [5, 5.41) is 14.5. The first kappa shape index (κ1) is 24.7. The summed E-state index contributed by atoms with van der Waals surface area (Å²) in [6.45, 7) is 7.24. The highest BCUT2D eigenvalue weighted by molar-refractivity contribution is 7.10. The van der Waals surface area contributed by atoms with Crippen LogP contribution in [0.3, 0.4) is 0 Å². The number of nitriles is 1. The van der Waals surface area contributed by atoms with Crippen LogP contribution in [0.25, 0.3) is 0 Å². The summed E-state index contributed by atoms with van der Waals surface area (Å²) in [6.07, 6.45) is 8.37. The van der Waals surface area contributed by atoms with Crippen molar-refractivity contribution in [2.24, 2.45) is 0 Å². The molecule has 0 spiro atoms. The summed E-state index contributed by atoms with van der Waals surface area (Å²) < 4.78 is 6.58. The van der Waals surface area contributed by atoms with E-state index in [-0.39, 0.29) is 6.10 Å². The van der Waals surface area contributed by atoms with Crippen LogP contribution in [0.2, 0.25) is 0 Å². The summed E-state index contributed by atoms with van der Waals surface area (Å²) in [5.74, 6) is 1.00. The maximum absolute atomic E-state index is 9.16. The van der Waals surface area contributed by atoms with Gasteiger partial charge in [0, 0.05) is 61.7 Å². The lowest BCUT2D eigenvalue weighted by atomic mass is 9.98. The van der Waals surface area contributed by atoms with Gasteiger partial charge in [0.25, 0.3) is 0 Å². The number of ether oxygens (including phenoxy) is 1. The Kier molecular flexibility index (Phi) is 9.35. The standard InChI is InChI=1S/C28H36N4OS/c1-30-13-11-27(28-10-5-19-34-28)33-26-9-3-2-8-25(26)22-32-17-15-31(16-18-32)14-12-23-6-4-7-24(20-23)21-29/h2-3,5-6,8-10,19-20,27,30H,4,7,11-18,22H2,1H3. The highest BCUT2D eigenvalue weighted by atomic mass is 32.1. The molecule has 1 aromatic heterocycles. The Morgan fingerprint density at radius 3 is 2.71 bits per heavy atom. The van der Waals surface area contributed by atoms with Crippen molar-refractivity contribution in [2.75, 3.05) is 46.3 Å². The van der Waals surface area contributed by atoms with Gasteiger partial charge in [-0.25, -0.2) is 0 Å². The molecule has 4 rings (SSSR count). The van der Waals surface area contributed by atoms with Crippen molar-refractivity contribution in [3.8, 4) is 11.8 Å². The predicted octanol–water partition coefficient (Wildman–Crippen LogP) is 5.16. The smallest absolute Gasteiger partial charge is 0.134 e. The van der Waals surface area contributed by atoms with Crippen LogP contribution in [0, 0.1) is 11.3 Å². The Balaban J connectivity index is 1.29. The first-order chi connectivity index (χ1) is 16.7. The zero-order valence-corrected chi connectivity index (χ0v) is 21.0. The van der Waals surface area contributed by atoms with Gasteiger partial charge in [0.05, 0.1) is 6.07 Å². The van der Waals surface area contributed by atoms with Gasteiger partial charge in [-0.1, -0.05) is 30.3 Å². The number of hydrogen-bond donors (Lipinski definition) is 1. The van der Waals surface area contributed by atoms with Crippen LogP contribution in [0.5, 0.6) is 5.75 Å². The van der Waals surface area contributed by atoms with Crippen LogP contribution in [-0.4, -0.2) is 56.1 Å². The molecule has 2 heterocycles. The van der Waals surface area contributed by atoms with Crippen LogP contribution < -0.4 is 10.1 Å². The molecule has 1 saturated heterocycles. The molecule has 1 fully saturated rings. The molecule has 1 atom stereocenters. The molecule has 2 aromatic rings. The van der Waals surface area contributed by atoms with Crippen molar-refractivity contribution in [3.63, 3.8) is 0 Å². The number of hydrogen-bond acceptors (Lipinski definition) is 6. The lowest BCUT2D eigenvalue weighted by molar-refractivity contribution is 0.125. The fourth-order valence-corrected chi connectivity index (χ4v) is 5.43. The van der Waals surface area contributed by atoms with E-state index in [1.54, 1.807) is 11.3 Å². The van der Waals surface area contributed by atoms with E-state index in [0.717, 1.165) is 82.8 Å². The van der Waals surface area contributed by atoms with Crippen molar-refractivity contribution < 1.29 is 4.74 Å².